The van der Waals surface area contributed by atoms with Crippen LogP contribution in [0, 0.1) is 22.7 Å². The summed E-state index contributed by atoms with van der Waals surface area (Å²) in [4.78, 5) is 13.3. The van der Waals surface area contributed by atoms with E-state index in [0.29, 0.717) is 22.3 Å². The number of hydrogen-bond donors (Lipinski definition) is 0. The molecule has 23 heavy (non-hydrogen) atoms. The molecule has 0 unspecified atom stereocenters. The molecule has 2 aromatic carbocycles. The highest BCUT2D eigenvalue weighted by molar-refractivity contribution is 7.99. The lowest BCUT2D eigenvalue weighted by molar-refractivity contribution is 0.104. The van der Waals surface area contributed by atoms with E-state index < -0.39 is 0 Å². The Morgan fingerprint density at radius 2 is 1.78 bits per heavy atom. The number of carbonyl (C=O) groups is 1. The van der Waals surface area contributed by atoms with Gasteiger partial charge < -0.3 is 0 Å². The van der Waals surface area contributed by atoms with Gasteiger partial charge in [-0.1, -0.05) is 19.1 Å². The van der Waals surface area contributed by atoms with Crippen molar-refractivity contribution < 1.29 is 4.79 Å². The summed E-state index contributed by atoms with van der Waals surface area (Å²) in [6.45, 7) is 2.08. The van der Waals surface area contributed by atoms with Crippen molar-refractivity contribution in [2.75, 3.05) is 5.75 Å². The van der Waals surface area contributed by atoms with Gasteiger partial charge in [-0.2, -0.15) is 10.5 Å². The van der Waals surface area contributed by atoms with Crippen molar-refractivity contribution in [2.24, 2.45) is 0 Å². The molecule has 0 heterocycles. The van der Waals surface area contributed by atoms with E-state index in [1.807, 2.05) is 36.4 Å². The Balaban J connectivity index is 2.15. The largest absolute Gasteiger partial charge is 0.289 e. The molecule has 0 amide bonds. The highest BCUT2D eigenvalue weighted by Gasteiger charge is 2.04. The van der Waals surface area contributed by atoms with Crippen molar-refractivity contribution in [3.05, 3.63) is 70.8 Å². The van der Waals surface area contributed by atoms with E-state index in [2.05, 4.69) is 6.92 Å². The van der Waals surface area contributed by atoms with Crippen molar-refractivity contribution in [1.82, 2.24) is 0 Å². The smallest absolute Gasteiger partial charge is 0.185 e. The molecule has 0 N–H and O–H groups in total. The average molecular weight is 318 g/mol. The summed E-state index contributed by atoms with van der Waals surface area (Å²) in [5, 5.41) is 17.9. The second-order valence-electron chi connectivity index (χ2n) is 4.68. The van der Waals surface area contributed by atoms with Gasteiger partial charge in [0.15, 0.2) is 5.78 Å². The second kappa shape index (κ2) is 7.98. The normalized spacial score (nSPS) is 10.2. The first-order valence-electron chi connectivity index (χ1n) is 7.07. The molecule has 0 fully saturated rings. The summed E-state index contributed by atoms with van der Waals surface area (Å²) < 4.78 is 0. The van der Waals surface area contributed by atoms with E-state index in [4.69, 9.17) is 10.5 Å². The quantitative estimate of drug-likeness (QED) is 0.464. The van der Waals surface area contributed by atoms with Crippen molar-refractivity contribution in [2.45, 2.75) is 11.8 Å². The minimum absolute atomic E-state index is 0.0964. The molecule has 0 aliphatic carbocycles. The van der Waals surface area contributed by atoms with Gasteiger partial charge in [0.25, 0.3) is 0 Å². The zero-order chi connectivity index (χ0) is 16.7. The Kier molecular flexibility index (Phi) is 5.74. The molecule has 0 aliphatic heterocycles. The summed E-state index contributed by atoms with van der Waals surface area (Å²) >= 11 is 1.73. The third kappa shape index (κ3) is 4.32. The van der Waals surface area contributed by atoms with Crippen molar-refractivity contribution >= 4 is 23.6 Å². The van der Waals surface area contributed by atoms with E-state index in [1.54, 1.807) is 36.0 Å². The number of nitriles is 2. The van der Waals surface area contributed by atoms with Crippen LogP contribution in [0.25, 0.3) is 6.08 Å². The molecule has 0 saturated carbocycles. The number of carbonyl (C=O) groups excluding carboxylic acids is 1. The zero-order valence-corrected chi connectivity index (χ0v) is 13.4. The Labute approximate surface area is 139 Å². The van der Waals surface area contributed by atoms with Crippen LogP contribution in [0.15, 0.2) is 53.4 Å². The van der Waals surface area contributed by atoms with Gasteiger partial charge in [-0.05, 0) is 53.8 Å². The molecule has 0 bridgehead atoms. The topological polar surface area (TPSA) is 64.7 Å². The summed E-state index contributed by atoms with van der Waals surface area (Å²) in [7, 11) is 0. The van der Waals surface area contributed by atoms with Crippen LogP contribution in [0.5, 0.6) is 0 Å². The molecule has 2 rings (SSSR count). The first-order valence-corrected chi connectivity index (χ1v) is 8.06. The minimum Gasteiger partial charge on any atom is -0.289 e. The summed E-state index contributed by atoms with van der Waals surface area (Å²) in [6.07, 6.45) is 3.13. The van der Waals surface area contributed by atoms with Gasteiger partial charge in [-0.15, -0.1) is 11.8 Å². The highest BCUT2D eigenvalue weighted by Crippen LogP contribution is 2.18. The van der Waals surface area contributed by atoms with Gasteiger partial charge in [0.05, 0.1) is 11.1 Å². The van der Waals surface area contributed by atoms with E-state index in [-0.39, 0.29) is 5.78 Å². The molecule has 4 heteroatoms. The van der Waals surface area contributed by atoms with Gasteiger partial charge in [0.1, 0.15) is 12.1 Å². The van der Waals surface area contributed by atoms with Crippen LogP contribution in [0.2, 0.25) is 0 Å². The molecular weight excluding hydrogens is 304 g/mol. The van der Waals surface area contributed by atoms with Gasteiger partial charge in [-0.25, -0.2) is 0 Å². The zero-order valence-electron chi connectivity index (χ0n) is 12.6. The van der Waals surface area contributed by atoms with Gasteiger partial charge in [-0.3, -0.25) is 4.79 Å². The van der Waals surface area contributed by atoms with Crippen molar-refractivity contribution in [3.63, 3.8) is 0 Å². The standard InChI is InChI=1S/C19H14N2OS/c1-2-23-18-8-6-15(7-9-18)19(22)10-4-14-3-5-16(12-20)17(11-14)13-21/h3-11H,2H2,1H3. The summed E-state index contributed by atoms with van der Waals surface area (Å²) in [5.41, 5.74) is 1.98. The van der Waals surface area contributed by atoms with E-state index in [0.717, 1.165) is 10.6 Å². The number of nitrogens with zero attached hydrogens (tertiary/aromatic N) is 2. The Morgan fingerprint density at radius 1 is 1.09 bits per heavy atom. The maximum Gasteiger partial charge on any atom is 0.185 e. The van der Waals surface area contributed by atoms with Crippen LogP contribution in [-0.2, 0) is 0 Å². The number of ketones is 1. The van der Waals surface area contributed by atoms with Crippen LogP contribution in [0.3, 0.4) is 0 Å². The number of thioether (sulfide) groups is 1. The molecule has 0 aliphatic rings. The van der Waals surface area contributed by atoms with Crippen molar-refractivity contribution in [1.29, 1.82) is 10.5 Å². The summed E-state index contributed by atoms with van der Waals surface area (Å²) in [6, 6.07) is 16.3. The third-order valence-electron chi connectivity index (χ3n) is 3.16. The van der Waals surface area contributed by atoms with Crippen LogP contribution < -0.4 is 0 Å². The lowest BCUT2D eigenvalue weighted by atomic mass is 10.0. The first kappa shape index (κ1) is 16.5. The fourth-order valence-corrected chi connectivity index (χ4v) is 2.67. The number of allylic oxidation sites excluding steroid dienone is 1. The fraction of sp³-hybridized carbons (Fsp3) is 0.105. The monoisotopic (exact) mass is 318 g/mol. The average Bonchev–Trinajstić information content (AvgIpc) is 2.60. The van der Waals surface area contributed by atoms with E-state index >= 15 is 0 Å². The van der Waals surface area contributed by atoms with Crippen LogP contribution in [-0.4, -0.2) is 11.5 Å². The molecule has 0 aromatic heterocycles. The van der Waals surface area contributed by atoms with E-state index in [9.17, 15) is 4.79 Å². The molecule has 0 radical (unpaired) electrons. The number of hydrogen-bond acceptors (Lipinski definition) is 4. The van der Waals surface area contributed by atoms with Crippen molar-refractivity contribution in [3.8, 4) is 12.1 Å². The fourth-order valence-electron chi connectivity index (χ4n) is 2.01. The molecule has 0 saturated heterocycles. The maximum atomic E-state index is 12.2. The molecule has 0 spiro atoms. The maximum absolute atomic E-state index is 12.2. The number of rotatable bonds is 5. The lowest BCUT2D eigenvalue weighted by Gasteiger charge is -2.00. The first-order chi connectivity index (χ1) is 11.2. The van der Waals surface area contributed by atoms with Crippen LogP contribution >= 0.6 is 11.8 Å². The Bertz CT molecular complexity index is 824. The summed E-state index contributed by atoms with van der Waals surface area (Å²) in [5.74, 6) is 0.897. The molecule has 0 atom stereocenters. The third-order valence-corrected chi connectivity index (χ3v) is 4.06. The van der Waals surface area contributed by atoms with Gasteiger partial charge in [0, 0.05) is 10.5 Å². The van der Waals surface area contributed by atoms with E-state index in [1.165, 1.54) is 6.08 Å². The van der Waals surface area contributed by atoms with Crippen LogP contribution in [0.1, 0.15) is 34.0 Å². The highest BCUT2D eigenvalue weighted by atomic mass is 32.2. The minimum atomic E-state index is -0.0964. The Morgan fingerprint density at radius 3 is 2.39 bits per heavy atom. The van der Waals surface area contributed by atoms with Crippen LogP contribution in [0.4, 0.5) is 0 Å². The second-order valence-corrected chi connectivity index (χ2v) is 6.02. The predicted octanol–water partition coefficient (Wildman–Crippen LogP) is 4.44. The Hall–Kier alpha value is -2.82. The van der Waals surface area contributed by atoms with Gasteiger partial charge in [0.2, 0.25) is 0 Å². The number of benzene rings is 2. The lowest BCUT2D eigenvalue weighted by Crippen LogP contribution is -1.93. The SMILES string of the molecule is CCSc1ccc(C(=O)C=Cc2ccc(C#N)c(C#N)c2)cc1. The molecule has 3 nitrogen and oxygen atoms in total. The van der Waals surface area contributed by atoms with Gasteiger partial charge >= 0.3 is 0 Å². The predicted molar refractivity (Wildman–Crippen MR) is 92.1 cm³/mol. The molecule has 2 aromatic rings. The molecular formula is C19H14N2OS. The molecule has 112 valence electrons.